The van der Waals surface area contributed by atoms with Crippen LogP contribution in [0.3, 0.4) is 0 Å². The van der Waals surface area contributed by atoms with Gasteiger partial charge in [0.25, 0.3) is 0 Å². The molecule has 0 N–H and O–H groups in total. The monoisotopic (exact) mass is 172 g/mol. The Kier molecular flexibility index (Phi) is 7.58. The third kappa shape index (κ3) is 4.76. The molecule has 0 spiro atoms. The molecule has 0 aromatic carbocycles. The molecule has 74 valence electrons. The first-order chi connectivity index (χ1) is 5.76. The van der Waals surface area contributed by atoms with Gasteiger partial charge >= 0.3 is 0 Å². The predicted molar refractivity (Wildman–Crippen MR) is 54.3 cm³/mol. The zero-order chi connectivity index (χ0) is 9.40. The summed E-state index contributed by atoms with van der Waals surface area (Å²) in [7, 11) is 1.81. The number of rotatable bonds is 7. The summed E-state index contributed by atoms with van der Waals surface area (Å²) in [4.78, 5) is 0. The summed E-state index contributed by atoms with van der Waals surface area (Å²) in [6.07, 6.45) is 5.26. The second-order valence-electron chi connectivity index (χ2n) is 3.74. The van der Waals surface area contributed by atoms with Crippen molar-refractivity contribution in [2.24, 2.45) is 11.8 Å². The molecule has 12 heavy (non-hydrogen) atoms. The molecule has 0 rings (SSSR count). The highest BCUT2D eigenvalue weighted by molar-refractivity contribution is 4.64. The van der Waals surface area contributed by atoms with E-state index in [9.17, 15) is 0 Å². The maximum atomic E-state index is 5.22. The molecule has 0 amide bonds. The van der Waals surface area contributed by atoms with E-state index >= 15 is 0 Å². The van der Waals surface area contributed by atoms with E-state index in [4.69, 9.17) is 4.74 Å². The summed E-state index contributed by atoms with van der Waals surface area (Å²) >= 11 is 0. The molecule has 2 atom stereocenters. The minimum Gasteiger partial charge on any atom is -0.384 e. The van der Waals surface area contributed by atoms with Crippen LogP contribution in [0.4, 0.5) is 0 Å². The van der Waals surface area contributed by atoms with E-state index in [1.165, 1.54) is 25.7 Å². The second-order valence-corrected chi connectivity index (χ2v) is 3.74. The van der Waals surface area contributed by atoms with Gasteiger partial charge in [-0.1, -0.05) is 40.0 Å². The van der Waals surface area contributed by atoms with Crippen LogP contribution in [0.2, 0.25) is 0 Å². The van der Waals surface area contributed by atoms with E-state index in [1.807, 2.05) is 0 Å². The molecule has 0 radical (unpaired) electrons. The Hall–Kier alpha value is -0.0400. The average Bonchev–Trinajstić information content (AvgIpc) is 2.11. The summed E-state index contributed by atoms with van der Waals surface area (Å²) in [5, 5.41) is 0. The van der Waals surface area contributed by atoms with Crippen molar-refractivity contribution in [3.05, 3.63) is 0 Å². The molecule has 0 fully saturated rings. The predicted octanol–water partition coefficient (Wildman–Crippen LogP) is 3.49. The summed E-state index contributed by atoms with van der Waals surface area (Å²) in [6.45, 7) is 7.79. The highest BCUT2D eigenvalue weighted by Crippen LogP contribution is 2.21. The first kappa shape index (κ1) is 12.0. The Morgan fingerprint density at radius 3 is 2.33 bits per heavy atom. The Bertz CT molecular complexity index is 91.0. The molecular weight excluding hydrogens is 148 g/mol. The Morgan fingerprint density at radius 1 is 1.25 bits per heavy atom. The standard InChI is InChI=1S/C11H24O/c1-5-7-8-11(9-12-4)10(3)6-2/h10-11H,5-9H2,1-4H3. The van der Waals surface area contributed by atoms with Crippen LogP contribution >= 0.6 is 0 Å². The van der Waals surface area contributed by atoms with Gasteiger partial charge in [0.15, 0.2) is 0 Å². The largest absolute Gasteiger partial charge is 0.384 e. The topological polar surface area (TPSA) is 9.23 Å². The highest BCUT2D eigenvalue weighted by atomic mass is 16.5. The molecule has 0 saturated carbocycles. The van der Waals surface area contributed by atoms with Gasteiger partial charge in [-0.05, 0) is 18.3 Å². The second kappa shape index (κ2) is 7.60. The molecule has 0 aliphatic carbocycles. The molecule has 0 aliphatic heterocycles. The van der Waals surface area contributed by atoms with Crippen molar-refractivity contribution in [1.82, 2.24) is 0 Å². The normalized spacial score (nSPS) is 16.0. The molecule has 0 aliphatic rings. The van der Waals surface area contributed by atoms with Crippen molar-refractivity contribution >= 4 is 0 Å². The fourth-order valence-electron chi connectivity index (χ4n) is 1.55. The zero-order valence-electron chi connectivity index (χ0n) is 9.10. The Morgan fingerprint density at radius 2 is 1.92 bits per heavy atom. The molecule has 0 aromatic heterocycles. The van der Waals surface area contributed by atoms with Gasteiger partial charge in [0.1, 0.15) is 0 Å². The summed E-state index contributed by atoms with van der Waals surface area (Å²) in [6, 6.07) is 0. The molecule has 1 nitrogen and oxygen atoms in total. The lowest BCUT2D eigenvalue weighted by atomic mass is 9.88. The molecule has 1 heteroatoms. The van der Waals surface area contributed by atoms with Gasteiger partial charge in [-0.3, -0.25) is 0 Å². The van der Waals surface area contributed by atoms with E-state index in [0.29, 0.717) is 0 Å². The SMILES string of the molecule is CCCCC(COC)C(C)CC. The minimum absolute atomic E-state index is 0.778. The molecule has 2 unspecified atom stereocenters. The highest BCUT2D eigenvalue weighted by Gasteiger charge is 2.14. The van der Waals surface area contributed by atoms with E-state index < -0.39 is 0 Å². The van der Waals surface area contributed by atoms with Crippen LogP contribution in [0.25, 0.3) is 0 Å². The van der Waals surface area contributed by atoms with Crippen LogP contribution < -0.4 is 0 Å². The first-order valence-corrected chi connectivity index (χ1v) is 5.25. The lowest BCUT2D eigenvalue weighted by Gasteiger charge is -2.21. The van der Waals surface area contributed by atoms with Gasteiger partial charge in [0.05, 0.1) is 0 Å². The van der Waals surface area contributed by atoms with Crippen LogP contribution in [0.1, 0.15) is 46.5 Å². The van der Waals surface area contributed by atoms with Gasteiger partial charge in [0, 0.05) is 13.7 Å². The third-order valence-electron chi connectivity index (χ3n) is 2.76. The number of hydrogen-bond donors (Lipinski definition) is 0. The van der Waals surface area contributed by atoms with Crippen LogP contribution in [0, 0.1) is 11.8 Å². The third-order valence-corrected chi connectivity index (χ3v) is 2.76. The molecule has 0 heterocycles. The number of ether oxygens (including phenoxy) is 1. The summed E-state index contributed by atoms with van der Waals surface area (Å²) < 4.78 is 5.22. The lowest BCUT2D eigenvalue weighted by molar-refractivity contribution is 0.116. The van der Waals surface area contributed by atoms with Crippen molar-refractivity contribution in [3.63, 3.8) is 0 Å². The summed E-state index contributed by atoms with van der Waals surface area (Å²) in [5.41, 5.74) is 0. The number of methoxy groups -OCH3 is 1. The Labute approximate surface area is 77.5 Å². The average molecular weight is 172 g/mol. The van der Waals surface area contributed by atoms with Crippen LogP contribution in [-0.2, 0) is 4.74 Å². The van der Waals surface area contributed by atoms with E-state index in [2.05, 4.69) is 20.8 Å². The van der Waals surface area contributed by atoms with Crippen molar-refractivity contribution in [2.75, 3.05) is 13.7 Å². The van der Waals surface area contributed by atoms with Crippen LogP contribution in [0.15, 0.2) is 0 Å². The Balaban J connectivity index is 3.68. The van der Waals surface area contributed by atoms with Gasteiger partial charge < -0.3 is 4.74 Å². The fraction of sp³-hybridized carbons (Fsp3) is 1.00. The van der Waals surface area contributed by atoms with Gasteiger partial charge in [0.2, 0.25) is 0 Å². The van der Waals surface area contributed by atoms with Crippen molar-refractivity contribution in [1.29, 1.82) is 0 Å². The quantitative estimate of drug-likeness (QED) is 0.571. The van der Waals surface area contributed by atoms with E-state index in [-0.39, 0.29) is 0 Å². The molecule has 0 aromatic rings. The zero-order valence-corrected chi connectivity index (χ0v) is 9.10. The summed E-state index contributed by atoms with van der Waals surface area (Å²) in [5.74, 6) is 1.59. The van der Waals surface area contributed by atoms with Crippen LogP contribution in [0.5, 0.6) is 0 Å². The van der Waals surface area contributed by atoms with Crippen molar-refractivity contribution in [2.45, 2.75) is 46.5 Å². The number of unbranched alkanes of at least 4 members (excludes halogenated alkanes) is 1. The van der Waals surface area contributed by atoms with Gasteiger partial charge in [-0.2, -0.15) is 0 Å². The van der Waals surface area contributed by atoms with Gasteiger partial charge in [-0.25, -0.2) is 0 Å². The lowest BCUT2D eigenvalue weighted by Crippen LogP contribution is -2.16. The maximum Gasteiger partial charge on any atom is 0.0493 e. The van der Waals surface area contributed by atoms with Crippen LogP contribution in [-0.4, -0.2) is 13.7 Å². The van der Waals surface area contributed by atoms with E-state index in [1.54, 1.807) is 7.11 Å². The number of hydrogen-bond acceptors (Lipinski definition) is 1. The molecule has 0 bridgehead atoms. The van der Waals surface area contributed by atoms with Crippen molar-refractivity contribution in [3.8, 4) is 0 Å². The molecule has 0 saturated heterocycles. The first-order valence-electron chi connectivity index (χ1n) is 5.25. The van der Waals surface area contributed by atoms with E-state index in [0.717, 1.165) is 18.4 Å². The smallest absolute Gasteiger partial charge is 0.0493 e. The minimum atomic E-state index is 0.778. The molecular formula is C11H24O. The fourth-order valence-corrected chi connectivity index (χ4v) is 1.55. The maximum absolute atomic E-state index is 5.22. The van der Waals surface area contributed by atoms with Gasteiger partial charge in [-0.15, -0.1) is 0 Å². The van der Waals surface area contributed by atoms with Crippen molar-refractivity contribution < 1.29 is 4.74 Å².